The first-order chi connectivity index (χ1) is 17.9. The van der Waals surface area contributed by atoms with Crippen molar-refractivity contribution in [1.82, 2.24) is 5.43 Å². The molecule has 0 aromatic heterocycles. The maximum Gasteiger partial charge on any atom is 0.329 e. The molecule has 4 aromatic carbocycles. The first-order valence-electron chi connectivity index (χ1n) is 11.4. The zero-order chi connectivity index (χ0) is 26.2. The number of amides is 2. The number of anilines is 1. The highest BCUT2D eigenvalue weighted by atomic mass is 35.5. The maximum atomic E-state index is 12.1. The highest BCUT2D eigenvalue weighted by molar-refractivity contribution is 6.43. The van der Waals surface area contributed by atoms with Crippen LogP contribution < -0.4 is 20.2 Å². The Labute approximate surface area is 224 Å². The average molecular weight is 536 g/mol. The fourth-order valence-electron chi connectivity index (χ4n) is 3.54. The van der Waals surface area contributed by atoms with Crippen LogP contribution in [0.2, 0.25) is 10.0 Å². The second-order valence-corrected chi connectivity index (χ2v) is 8.66. The summed E-state index contributed by atoms with van der Waals surface area (Å²) in [4.78, 5) is 24.2. The van der Waals surface area contributed by atoms with Gasteiger partial charge in [0.1, 0.15) is 6.61 Å². The van der Waals surface area contributed by atoms with E-state index in [4.69, 9.17) is 32.7 Å². The molecule has 0 spiro atoms. The van der Waals surface area contributed by atoms with Crippen LogP contribution >= 0.6 is 23.2 Å². The van der Waals surface area contributed by atoms with Crippen molar-refractivity contribution in [2.24, 2.45) is 5.10 Å². The van der Waals surface area contributed by atoms with Crippen LogP contribution in [0, 0.1) is 0 Å². The van der Waals surface area contributed by atoms with E-state index in [1.54, 1.807) is 18.2 Å². The fraction of sp³-hybridized carbons (Fsp3) is 0.107. The van der Waals surface area contributed by atoms with Gasteiger partial charge in [-0.2, -0.15) is 5.10 Å². The lowest BCUT2D eigenvalue weighted by atomic mass is 10.1. The quantitative estimate of drug-likeness (QED) is 0.159. The summed E-state index contributed by atoms with van der Waals surface area (Å²) in [6.07, 6.45) is 1.40. The van der Waals surface area contributed by atoms with Crippen LogP contribution in [0.3, 0.4) is 0 Å². The van der Waals surface area contributed by atoms with Crippen molar-refractivity contribution in [3.05, 3.63) is 100 Å². The fourth-order valence-corrected chi connectivity index (χ4v) is 3.84. The standard InChI is InChI=1S/C28H23Cl2N3O4/c1-2-36-26-14-18(16-31-33-28(35)27(34)32-21-11-12-23(29)24(30)15-21)10-13-25(26)37-17-20-8-5-7-19-6-3-4-9-22(19)20/h3-16H,2,17H2,1H3,(H,32,34)(H,33,35). The Hall–Kier alpha value is -4.07. The van der Waals surface area contributed by atoms with Crippen molar-refractivity contribution in [2.75, 3.05) is 11.9 Å². The van der Waals surface area contributed by atoms with Crippen LogP contribution in [-0.4, -0.2) is 24.6 Å². The van der Waals surface area contributed by atoms with E-state index in [9.17, 15) is 9.59 Å². The molecule has 9 heteroatoms. The Morgan fingerprint density at radius 2 is 1.68 bits per heavy atom. The molecule has 2 amide bonds. The SMILES string of the molecule is CCOc1cc(C=NNC(=O)C(=O)Nc2ccc(Cl)c(Cl)c2)ccc1OCc1cccc2ccccc12. The molecule has 188 valence electrons. The van der Waals surface area contributed by atoms with Crippen LogP contribution in [-0.2, 0) is 16.2 Å². The van der Waals surface area contributed by atoms with E-state index in [0.717, 1.165) is 16.3 Å². The minimum Gasteiger partial charge on any atom is -0.490 e. The molecule has 0 radical (unpaired) electrons. The summed E-state index contributed by atoms with van der Waals surface area (Å²) in [6, 6.07) is 24.0. The molecule has 0 bridgehead atoms. The van der Waals surface area contributed by atoms with E-state index in [1.165, 1.54) is 24.4 Å². The third-order valence-electron chi connectivity index (χ3n) is 5.29. The average Bonchev–Trinajstić information content (AvgIpc) is 2.90. The lowest BCUT2D eigenvalue weighted by molar-refractivity contribution is -0.136. The molecular weight excluding hydrogens is 513 g/mol. The minimum absolute atomic E-state index is 0.257. The van der Waals surface area contributed by atoms with Gasteiger partial charge < -0.3 is 14.8 Å². The van der Waals surface area contributed by atoms with Gasteiger partial charge in [-0.15, -0.1) is 0 Å². The van der Waals surface area contributed by atoms with Gasteiger partial charge in [-0.25, -0.2) is 5.43 Å². The van der Waals surface area contributed by atoms with E-state index in [0.29, 0.717) is 41.0 Å². The Kier molecular flexibility index (Phi) is 8.61. The molecule has 0 fully saturated rings. The van der Waals surface area contributed by atoms with Gasteiger partial charge in [0.15, 0.2) is 11.5 Å². The Bertz CT molecular complexity index is 1470. The highest BCUT2D eigenvalue weighted by Gasteiger charge is 2.14. The van der Waals surface area contributed by atoms with Crippen molar-refractivity contribution < 1.29 is 19.1 Å². The number of hydrazone groups is 1. The van der Waals surface area contributed by atoms with Gasteiger partial charge in [-0.3, -0.25) is 9.59 Å². The monoisotopic (exact) mass is 535 g/mol. The number of nitrogens with zero attached hydrogens (tertiary/aromatic N) is 1. The molecular formula is C28H23Cl2N3O4. The molecule has 0 atom stereocenters. The normalized spacial score (nSPS) is 10.9. The van der Waals surface area contributed by atoms with Crippen molar-refractivity contribution >= 4 is 57.7 Å². The summed E-state index contributed by atoms with van der Waals surface area (Å²) in [5.74, 6) is -0.725. The van der Waals surface area contributed by atoms with Crippen LogP contribution in [0.5, 0.6) is 11.5 Å². The van der Waals surface area contributed by atoms with Crippen LogP contribution in [0.15, 0.2) is 84.0 Å². The summed E-state index contributed by atoms with van der Waals surface area (Å²) in [5.41, 5.74) is 4.23. The Balaban J connectivity index is 1.38. The van der Waals surface area contributed by atoms with Crippen molar-refractivity contribution in [2.45, 2.75) is 13.5 Å². The zero-order valence-electron chi connectivity index (χ0n) is 19.8. The number of ether oxygens (including phenoxy) is 2. The molecule has 0 unspecified atom stereocenters. The first kappa shape index (κ1) is 26.0. The largest absolute Gasteiger partial charge is 0.490 e. The summed E-state index contributed by atoms with van der Waals surface area (Å²) in [7, 11) is 0. The number of hydrogen-bond acceptors (Lipinski definition) is 5. The number of benzene rings is 4. The van der Waals surface area contributed by atoms with E-state index >= 15 is 0 Å². The second-order valence-electron chi connectivity index (χ2n) is 7.85. The van der Waals surface area contributed by atoms with E-state index < -0.39 is 11.8 Å². The molecule has 4 rings (SSSR count). The van der Waals surface area contributed by atoms with Crippen LogP contribution in [0.25, 0.3) is 10.8 Å². The van der Waals surface area contributed by atoms with Gasteiger partial charge in [0.2, 0.25) is 0 Å². The number of fused-ring (bicyclic) bond motifs is 1. The van der Waals surface area contributed by atoms with E-state index in [-0.39, 0.29) is 5.02 Å². The number of hydrogen-bond donors (Lipinski definition) is 2. The van der Waals surface area contributed by atoms with Crippen LogP contribution in [0.4, 0.5) is 5.69 Å². The number of nitrogens with one attached hydrogen (secondary N) is 2. The summed E-state index contributed by atoms with van der Waals surface area (Å²) in [5, 5.41) is 9.16. The smallest absolute Gasteiger partial charge is 0.329 e. The minimum atomic E-state index is -0.942. The van der Waals surface area contributed by atoms with Gasteiger partial charge in [-0.05, 0) is 65.2 Å². The lowest BCUT2D eigenvalue weighted by Gasteiger charge is -2.13. The predicted molar refractivity (Wildman–Crippen MR) is 147 cm³/mol. The van der Waals surface area contributed by atoms with E-state index in [2.05, 4.69) is 34.0 Å². The molecule has 0 saturated heterocycles. The topological polar surface area (TPSA) is 89.0 Å². The zero-order valence-corrected chi connectivity index (χ0v) is 21.3. The number of carbonyl (C=O) groups excluding carboxylic acids is 2. The second kappa shape index (κ2) is 12.3. The molecule has 0 aliphatic heterocycles. The lowest BCUT2D eigenvalue weighted by Crippen LogP contribution is -2.32. The molecule has 0 aliphatic carbocycles. The van der Waals surface area contributed by atoms with Gasteiger partial charge in [0, 0.05) is 5.69 Å². The predicted octanol–water partition coefficient (Wildman–Crippen LogP) is 6.21. The Morgan fingerprint density at radius 3 is 2.49 bits per heavy atom. The molecule has 37 heavy (non-hydrogen) atoms. The number of carbonyl (C=O) groups is 2. The number of halogens is 2. The highest BCUT2D eigenvalue weighted by Crippen LogP contribution is 2.30. The van der Waals surface area contributed by atoms with Gasteiger partial charge in [0.25, 0.3) is 0 Å². The van der Waals surface area contributed by atoms with Crippen LogP contribution in [0.1, 0.15) is 18.1 Å². The third-order valence-corrected chi connectivity index (χ3v) is 6.03. The molecule has 7 nitrogen and oxygen atoms in total. The summed E-state index contributed by atoms with van der Waals surface area (Å²) in [6.45, 7) is 2.69. The van der Waals surface area contributed by atoms with Crippen molar-refractivity contribution in [3.63, 3.8) is 0 Å². The van der Waals surface area contributed by atoms with E-state index in [1.807, 2.05) is 31.2 Å². The van der Waals surface area contributed by atoms with Crippen molar-refractivity contribution in [1.29, 1.82) is 0 Å². The maximum absolute atomic E-state index is 12.1. The molecule has 2 N–H and O–H groups in total. The summed E-state index contributed by atoms with van der Waals surface area (Å²) >= 11 is 11.8. The molecule has 0 saturated carbocycles. The van der Waals surface area contributed by atoms with Gasteiger partial charge in [0.05, 0.1) is 22.9 Å². The third kappa shape index (κ3) is 6.78. The first-order valence-corrected chi connectivity index (χ1v) is 12.2. The van der Waals surface area contributed by atoms with Gasteiger partial charge in [-0.1, -0.05) is 65.7 Å². The van der Waals surface area contributed by atoms with Gasteiger partial charge >= 0.3 is 11.8 Å². The Morgan fingerprint density at radius 1 is 0.865 bits per heavy atom. The summed E-state index contributed by atoms with van der Waals surface area (Å²) < 4.78 is 11.8. The van der Waals surface area contributed by atoms with Crippen molar-refractivity contribution in [3.8, 4) is 11.5 Å². The number of rotatable bonds is 8. The molecule has 0 aliphatic rings. The molecule has 0 heterocycles. The molecule has 4 aromatic rings.